The van der Waals surface area contributed by atoms with Crippen molar-refractivity contribution < 1.29 is 14.6 Å². The van der Waals surface area contributed by atoms with Crippen LogP contribution in [0.4, 0.5) is 0 Å². The van der Waals surface area contributed by atoms with Crippen LogP contribution in [0, 0.1) is 11.3 Å². The number of halogens is 1. The van der Waals surface area contributed by atoms with Crippen molar-refractivity contribution in [2.75, 3.05) is 19.7 Å². The minimum absolute atomic E-state index is 0. The molecule has 1 aliphatic heterocycles. The highest BCUT2D eigenvalue weighted by Crippen LogP contribution is 2.36. The Morgan fingerprint density at radius 2 is 2.11 bits per heavy atom. The fourth-order valence-corrected chi connectivity index (χ4v) is 2.24. The zero-order valence-corrected chi connectivity index (χ0v) is 12.6. The summed E-state index contributed by atoms with van der Waals surface area (Å²) in [7, 11) is 0. The number of ether oxygens (including phenoxy) is 1. The van der Waals surface area contributed by atoms with E-state index in [1.807, 2.05) is 6.92 Å². The summed E-state index contributed by atoms with van der Waals surface area (Å²) in [6, 6.07) is 0. The van der Waals surface area contributed by atoms with Gasteiger partial charge in [0.15, 0.2) is 5.60 Å². The predicted octanol–water partition coefficient (Wildman–Crippen LogP) is 2.31. The normalized spacial score (nSPS) is 28.6. The third-order valence-electron chi connectivity index (χ3n) is 3.57. The van der Waals surface area contributed by atoms with E-state index in [2.05, 4.69) is 26.1 Å². The van der Waals surface area contributed by atoms with E-state index in [0.717, 1.165) is 13.0 Å². The molecule has 0 aliphatic carbocycles. The fraction of sp³-hybridized carbons (Fsp3) is 0.923. The van der Waals surface area contributed by atoms with Gasteiger partial charge in [0.2, 0.25) is 0 Å². The molecule has 1 aliphatic rings. The molecular weight excluding hydrogens is 254 g/mol. The third kappa shape index (κ3) is 4.11. The number of aliphatic carboxylic acids is 1. The van der Waals surface area contributed by atoms with Crippen LogP contribution in [0.2, 0.25) is 0 Å². The van der Waals surface area contributed by atoms with Crippen molar-refractivity contribution in [3.8, 4) is 0 Å². The molecule has 0 unspecified atom stereocenters. The molecule has 1 fully saturated rings. The van der Waals surface area contributed by atoms with Gasteiger partial charge in [0, 0.05) is 13.2 Å². The average molecular weight is 280 g/mol. The Bertz CT molecular complexity index is 278. The highest BCUT2D eigenvalue weighted by molar-refractivity contribution is 5.85. The number of piperidine rings is 1. The number of carboxylic acid groups (broad SMARTS) is 1. The molecule has 4 nitrogen and oxygen atoms in total. The number of rotatable bonds is 4. The lowest BCUT2D eigenvalue weighted by molar-refractivity contribution is -0.172. The molecule has 0 saturated carbocycles. The van der Waals surface area contributed by atoms with Crippen LogP contribution in [0.15, 0.2) is 0 Å². The van der Waals surface area contributed by atoms with E-state index in [4.69, 9.17) is 4.74 Å². The Hall–Kier alpha value is -0.320. The van der Waals surface area contributed by atoms with Gasteiger partial charge in [-0.1, -0.05) is 27.7 Å². The first-order valence-electron chi connectivity index (χ1n) is 6.40. The van der Waals surface area contributed by atoms with E-state index in [9.17, 15) is 9.90 Å². The van der Waals surface area contributed by atoms with E-state index in [1.165, 1.54) is 0 Å². The standard InChI is InChI=1S/C13H25NO3.ClH/c1-5-6-17-13(11(15)16)7-10(8-14-9-13)12(2,3)4;/h10,14H,5-9H2,1-4H3,(H,15,16);1H/t10-,13+;/m1./s1. The van der Waals surface area contributed by atoms with Crippen molar-refractivity contribution >= 4 is 18.4 Å². The molecule has 1 saturated heterocycles. The molecule has 1 rings (SSSR count). The maximum absolute atomic E-state index is 11.5. The van der Waals surface area contributed by atoms with Crippen LogP contribution in [0.5, 0.6) is 0 Å². The topological polar surface area (TPSA) is 58.6 Å². The molecule has 5 heteroatoms. The smallest absolute Gasteiger partial charge is 0.337 e. The van der Waals surface area contributed by atoms with Crippen LogP contribution in [0.1, 0.15) is 40.5 Å². The number of carboxylic acids is 1. The molecule has 0 aromatic carbocycles. The van der Waals surface area contributed by atoms with Crippen LogP contribution in [-0.4, -0.2) is 36.4 Å². The van der Waals surface area contributed by atoms with Gasteiger partial charge in [0.25, 0.3) is 0 Å². The van der Waals surface area contributed by atoms with Crippen molar-refractivity contribution in [2.45, 2.75) is 46.1 Å². The zero-order valence-electron chi connectivity index (χ0n) is 11.8. The van der Waals surface area contributed by atoms with E-state index < -0.39 is 11.6 Å². The molecular formula is C13H26ClNO3. The van der Waals surface area contributed by atoms with Gasteiger partial charge in [-0.25, -0.2) is 4.79 Å². The van der Waals surface area contributed by atoms with Crippen LogP contribution < -0.4 is 5.32 Å². The summed E-state index contributed by atoms with van der Waals surface area (Å²) < 4.78 is 5.64. The van der Waals surface area contributed by atoms with Gasteiger partial charge >= 0.3 is 5.97 Å². The molecule has 0 bridgehead atoms. The molecule has 0 radical (unpaired) electrons. The molecule has 0 spiro atoms. The summed E-state index contributed by atoms with van der Waals surface area (Å²) in [6.45, 7) is 10.2. The molecule has 0 aromatic rings. The van der Waals surface area contributed by atoms with E-state index >= 15 is 0 Å². The monoisotopic (exact) mass is 279 g/mol. The Morgan fingerprint density at radius 1 is 1.50 bits per heavy atom. The highest BCUT2D eigenvalue weighted by Gasteiger charge is 2.46. The first-order valence-corrected chi connectivity index (χ1v) is 6.40. The SMILES string of the molecule is CCCO[C@]1(C(=O)O)CNC[C@H](C(C)(C)C)C1.Cl. The van der Waals surface area contributed by atoms with Crippen molar-refractivity contribution in [1.82, 2.24) is 5.32 Å². The minimum Gasteiger partial charge on any atom is -0.479 e. The average Bonchev–Trinajstić information content (AvgIpc) is 2.25. The summed E-state index contributed by atoms with van der Waals surface area (Å²) in [5.74, 6) is -0.517. The van der Waals surface area contributed by atoms with Crippen molar-refractivity contribution in [3.63, 3.8) is 0 Å². The maximum Gasteiger partial charge on any atom is 0.337 e. The molecule has 18 heavy (non-hydrogen) atoms. The molecule has 0 aromatic heterocycles. The van der Waals surface area contributed by atoms with Gasteiger partial charge in [0.05, 0.1) is 0 Å². The van der Waals surface area contributed by atoms with Gasteiger partial charge in [-0.3, -0.25) is 0 Å². The summed E-state index contributed by atoms with van der Waals surface area (Å²) in [6.07, 6.45) is 1.44. The lowest BCUT2D eigenvalue weighted by Crippen LogP contribution is -2.58. The van der Waals surface area contributed by atoms with Gasteiger partial charge in [0.1, 0.15) is 0 Å². The summed E-state index contributed by atoms with van der Waals surface area (Å²) in [5, 5.41) is 12.7. The maximum atomic E-state index is 11.5. The lowest BCUT2D eigenvalue weighted by Gasteiger charge is -2.43. The molecule has 0 amide bonds. The van der Waals surface area contributed by atoms with Crippen molar-refractivity contribution in [3.05, 3.63) is 0 Å². The Labute approximate surface area is 116 Å². The zero-order chi connectivity index (χ0) is 13.1. The number of hydrogen-bond donors (Lipinski definition) is 2. The first-order chi connectivity index (χ1) is 7.82. The Morgan fingerprint density at radius 3 is 2.56 bits per heavy atom. The quantitative estimate of drug-likeness (QED) is 0.829. The van der Waals surface area contributed by atoms with Crippen LogP contribution in [0.25, 0.3) is 0 Å². The third-order valence-corrected chi connectivity index (χ3v) is 3.57. The van der Waals surface area contributed by atoms with Crippen molar-refractivity contribution in [2.24, 2.45) is 11.3 Å². The van der Waals surface area contributed by atoms with Crippen LogP contribution in [0.3, 0.4) is 0 Å². The van der Waals surface area contributed by atoms with Gasteiger partial charge in [-0.05, 0) is 30.7 Å². The lowest BCUT2D eigenvalue weighted by atomic mass is 9.72. The summed E-state index contributed by atoms with van der Waals surface area (Å²) in [5.41, 5.74) is -0.935. The van der Waals surface area contributed by atoms with E-state index in [0.29, 0.717) is 25.5 Å². The van der Waals surface area contributed by atoms with Gasteiger partial charge in [-0.15, -0.1) is 12.4 Å². The highest BCUT2D eigenvalue weighted by atomic mass is 35.5. The van der Waals surface area contributed by atoms with Crippen molar-refractivity contribution in [1.29, 1.82) is 0 Å². The largest absolute Gasteiger partial charge is 0.479 e. The first kappa shape index (κ1) is 17.7. The Kier molecular flexibility index (Phi) is 6.61. The molecule has 2 N–H and O–H groups in total. The second-order valence-corrected chi connectivity index (χ2v) is 6.05. The molecule has 2 atom stereocenters. The molecule has 108 valence electrons. The second kappa shape index (κ2) is 6.73. The van der Waals surface area contributed by atoms with Gasteiger partial charge < -0.3 is 15.2 Å². The number of nitrogens with one attached hydrogen (secondary N) is 1. The number of hydrogen-bond acceptors (Lipinski definition) is 3. The summed E-state index contributed by atoms with van der Waals surface area (Å²) in [4.78, 5) is 11.5. The minimum atomic E-state index is -1.04. The Balaban J connectivity index is 0.00000289. The van der Waals surface area contributed by atoms with E-state index in [-0.39, 0.29) is 17.8 Å². The van der Waals surface area contributed by atoms with Crippen LogP contribution in [-0.2, 0) is 9.53 Å². The van der Waals surface area contributed by atoms with E-state index in [1.54, 1.807) is 0 Å². The van der Waals surface area contributed by atoms with Gasteiger partial charge in [-0.2, -0.15) is 0 Å². The molecule has 1 heterocycles. The second-order valence-electron chi connectivity index (χ2n) is 6.05. The fourth-order valence-electron chi connectivity index (χ4n) is 2.24. The summed E-state index contributed by atoms with van der Waals surface area (Å²) >= 11 is 0. The van der Waals surface area contributed by atoms with Crippen LogP contribution >= 0.6 is 12.4 Å². The number of carbonyl (C=O) groups is 1. The predicted molar refractivity (Wildman–Crippen MR) is 74.3 cm³/mol.